The Kier molecular flexibility index (Phi) is 5.01. The van der Waals surface area contributed by atoms with Crippen molar-refractivity contribution in [2.24, 2.45) is 0 Å². The third kappa shape index (κ3) is 3.92. The maximum absolute atomic E-state index is 12.7. The smallest absolute Gasteiger partial charge is 0.289 e. The summed E-state index contributed by atoms with van der Waals surface area (Å²) >= 11 is 0. The Morgan fingerprint density at radius 3 is 2.52 bits per heavy atom. The summed E-state index contributed by atoms with van der Waals surface area (Å²) in [4.78, 5) is 21.7. The Balaban J connectivity index is 1.66. The Labute approximate surface area is 159 Å². The summed E-state index contributed by atoms with van der Waals surface area (Å²) < 4.78 is 0. The summed E-state index contributed by atoms with van der Waals surface area (Å²) in [5, 5.41) is 7.33. The number of rotatable bonds is 5. The molecule has 27 heavy (non-hydrogen) atoms. The van der Waals surface area contributed by atoms with E-state index in [4.69, 9.17) is 0 Å². The van der Waals surface area contributed by atoms with Crippen LogP contribution < -0.4 is 10.6 Å². The maximum atomic E-state index is 12.7. The van der Waals surface area contributed by atoms with Gasteiger partial charge in [0.1, 0.15) is 5.82 Å². The van der Waals surface area contributed by atoms with Crippen LogP contribution in [0.2, 0.25) is 0 Å². The van der Waals surface area contributed by atoms with Gasteiger partial charge in [-0.25, -0.2) is 9.97 Å². The lowest BCUT2D eigenvalue weighted by atomic mass is 10.1. The van der Waals surface area contributed by atoms with Gasteiger partial charge in [-0.3, -0.25) is 4.79 Å². The molecule has 138 valence electrons. The highest BCUT2D eigenvalue weighted by Crippen LogP contribution is 2.24. The lowest BCUT2D eigenvalue weighted by Crippen LogP contribution is -2.33. The molecule has 1 aromatic heterocycles. The Morgan fingerprint density at radius 2 is 1.78 bits per heavy atom. The van der Waals surface area contributed by atoms with Crippen molar-refractivity contribution in [3.63, 3.8) is 0 Å². The second kappa shape index (κ2) is 7.74. The third-order valence-electron chi connectivity index (χ3n) is 5.12. The van der Waals surface area contributed by atoms with Crippen LogP contribution in [0.5, 0.6) is 0 Å². The highest BCUT2D eigenvalue weighted by atomic mass is 16.2. The first-order chi connectivity index (χ1) is 13.2. The van der Waals surface area contributed by atoms with E-state index in [-0.39, 0.29) is 17.8 Å². The average Bonchev–Trinajstić information content (AvgIpc) is 3.21. The molecule has 2 aromatic carbocycles. The zero-order valence-electron chi connectivity index (χ0n) is 15.5. The number of aryl methyl sites for hydroxylation is 1. The Bertz CT molecular complexity index is 946. The fourth-order valence-electron chi connectivity index (χ4n) is 3.55. The van der Waals surface area contributed by atoms with E-state index in [9.17, 15) is 4.79 Å². The number of aromatic nitrogens is 2. The molecule has 0 unspecified atom stereocenters. The van der Waals surface area contributed by atoms with Crippen LogP contribution >= 0.6 is 0 Å². The number of carbonyl (C=O) groups is 1. The monoisotopic (exact) mass is 360 g/mol. The summed E-state index contributed by atoms with van der Waals surface area (Å²) in [6.07, 6.45) is 5.42. The summed E-state index contributed by atoms with van der Waals surface area (Å²) in [5.74, 6) is 0.673. The zero-order chi connectivity index (χ0) is 18.6. The molecule has 5 heteroatoms. The summed E-state index contributed by atoms with van der Waals surface area (Å²) in [6, 6.07) is 16.3. The van der Waals surface area contributed by atoms with E-state index in [0.717, 1.165) is 35.9 Å². The van der Waals surface area contributed by atoms with Crippen LogP contribution in [0.25, 0.3) is 10.9 Å². The molecule has 1 aliphatic carbocycles. The molecule has 4 rings (SSSR count). The molecule has 0 spiro atoms. The van der Waals surface area contributed by atoms with Crippen LogP contribution in [0.1, 0.15) is 48.8 Å². The van der Waals surface area contributed by atoms with Crippen molar-refractivity contribution in [3.05, 3.63) is 59.9 Å². The van der Waals surface area contributed by atoms with E-state index in [1.807, 2.05) is 36.4 Å². The highest BCUT2D eigenvalue weighted by molar-refractivity contribution is 5.97. The lowest BCUT2D eigenvalue weighted by molar-refractivity contribution is 0.0928. The molecule has 0 aliphatic heterocycles. The molecular weight excluding hydrogens is 336 g/mol. The van der Waals surface area contributed by atoms with Gasteiger partial charge in [-0.2, -0.15) is 0 Å². The third-order valence-corrected chi connectivity index (χ3v) is 5.12. The Morgan fingerprint density at radius 1 is 1.04 bits per heavy atom. The van der Waals surface area contributed by atoms with Crippen LogP contribution in [0.3, 0.4) is 0 Å². The van der Waals surface area contributed by atoms with Crippen molar-refractivity contribution < 1.29 is 4.79 Å². The molecule has 0 saturated heterocycles. The molecule has 1 fully saturated rings. The van der Waals surface area contributed by atoms with Crippen molar-refractivity contribution in [2.75, 3.05) is 5.32 Å². The quantitative estimate of drug-likeness (QED) is 0.697. The van der Waals surface area contributed by atoms with Gasteiger partial charge < -0.3 is 10.6 Å². The first-order valence-corrected chi connectivity index (χ1v) is 9.66. The lowest BCUT2D eigenvalue weighted by Gasteiger charge is -2.13. The summed E-state index contributed by atoms with van der Waals surface area (Å²) in [5.41, 5.74) is 2.99. The number of amides is 1. The van der Waals surface area contributed by atoms with Gasteiger partial charge in [-0.1, -0.05) is 44.0 Å². The van der Waals surface area contributed by atoms with Crippen molar-refractivity contribution in [1.82, 2.24) is 15.3 Å². The Hall–Kier alpha value is -2.95. The maximum Gasteiger partial charge on any atom is 0.289 e. The van der Waals surface area contributed by atoms with E-state index in [1.165, 1.54) is 18.4 Å². The number of nitrogens with zero attached hydrogens (tertiary/aromatic N) is 2. The number of hydrogen-bond acceptors (Lipinski definition) is 4. The number of fused-ring (bicyclic) bond motifs is 1. The predicted molar refractivity (Wildman–Crippen MR) is 108 cm³/mol. The number of hydrogen-bond donors (Lipinski definition) is 2. The molecule has 1 saturated carbocycles. The minimum atomic E-state index is -0.197. The van der Waals surface area contributed by atoms with Crippen LogP contribution in [0.15, 0.2) is 48.5 Å². The number of anilines is 2. The number of benzene rings is 2. The number of carbonyl (C=O) groups excluding carboxylic acids is 1. The van der Waals surface area contributed by atoms with Gasteiger partial charge in [0.2, 0.25) is 5.82 Å². The molecule has 1 amide bonds. The molecular formula is C22H24N4O. The van der Waals surface area contributed by atoms with Gasteiger partial charge in [0, 0.05) is 17.1 Å². The normalized spacial score (nSPS) is 14.4. The predicted octanol–water partition coefficient (Wildman–Crippen LogP) is 4.61. The summed E-state index contributed by atoms with van der Waals surface area (Å²) in [7, 11) is 0. The zero-order valence-corrected chi connectivity index (χ0v) is 15.5. The molecule has 1 heterocycles. The number of nitrogens with one attached hydrogen (secondary N) is 2. The minimum Gasteiger partial charge on any atom is -0.347 e. The molecule has 0 bridgehead atoms. The molecule has 2 N–H and O–H groups in total. The van der Waals surface area contributed by atoms with E-state index in [2.05, 4.69) is 39.7 Å². The average molecular weight is 360 g/mol. The molecule has 5 nitrogen and oxygen atoms in total. The van der Waals surface area contributed by atoms with Gasteiger partial charge in [0.15, 0.2) is 0 Å². The minimum absolute atomic E-state index is 0.197. The van der Waals surface area contributed by atoms with Crippen LogP contribution in [-0.4, -0.2) is 21.9 Å². The fourth-order valence-corrected chi connectivity index (χ4v) is 3.55. The molecule has 0 radical (unpaired) electrons. The second-order valence-electron chi connectivity index (χ2n) is 7.04. The van der Waals surface area contributed by atoms with Crippen molar-refractivity contribution in [1.29, 1.82) is 0 Å². The van der Waals surface area contributed by atoms with Gasteiger partial charge >= 0.3 is 0 Å². The van der Waals surface area contributed by atoms with Gasteiger partial charge in [0.25, 0.3) is 5.91 Å². The van der Waals surface area contributed by atoms with Gasteiger partial charge in [-0.15, -0.1) is 0 Å². The van der Waals surface area contributed by atoms with Crippen molar-refractivity contribution in [2.45, 2.75) is 45.1 Å². The van der Waals surface area contributed by atoms with E-state index in [1.54, 1.807) is 0 Å². The largest absolute Gasteiger partial charge is 0.347 e. The van der Waals surface area contributed by atoms with Crippen molar-refractivity contribution >= 4 is 28.3 Å². The number of para-hydroxylation sites is 1. The van der Waals surface area contributed by atoms with E-state index >= 15 is 0 Å². The van der Waals surface area contributed by atoms with Crippen molar-refractivity contribution in [3.8, 4) is 0 Å². The standard InChI is InChI=1S/C22H24N4O/c1-2-15-11-13-17(14-12-15)23-20-18-9-5-6-10-19(18)25-21(26-20)22(27)24-16-7-3-4-8-16/h5-6,9-14,16H,2-4,7-8H2,1H3,(H,24,27)(H,23,25,26). The second-order valence-corrected chi connectivity index (χ2v) is 7.04. The molecule has 1 aliphatic rings. The highest BCUT2D eigenvalue weighted by Gasteiger charge is 2.20. The molecule has 0 atom stereocenters. The first-order valence-electron chi connectivity index (χ1n) is 9.66. The van der Waals surface area contributed by atoms with Gasteiger partial charge in [-0.05, 0) is 49.1 Å². The fraction of sp³-hybridized carbons (Fsp3) is 0.318. The van der Waals surface area contributed by atoms with Crippen LogP contribution in [-0.2, 0) is 6.42 Å². The van der Waals surface area contributed by atoms with Crippen LogP contribution in [0, 0.1) is 0 Å². The topological polar surface area (TPSA) is 66.9 Å². The van der Waals surface area contributed by atoms with Gasteiger partial charge in [0.05, 0.1) is 5.52 Å². The van der Waals surface area contributed by atoms with Crippen LogP contribution in [0.4, 0.5) is 11.5 Å². The SMILES string of the molecule is CCc1ccc(Nc2nc(C(=O)NC3CCCC3)nc3ccccc23)cc1. The van der Waals surface area contributed by atoms with E-state index in [0.29, 0.717) is 5.82 Å². The van der Waals surface area contributed by atoms with E-state index < -0.39 is 0 Å². The molecule has 3 aromatic rings. The first kappa shape index (κ1) is 17.5. The summed E-state index contributed by atoms with van der Waals surface area (Å²) in [6.45, 7) is 2.13.